The molecule has 0 unspecified atom stereocenters. The lowest BCUT2D eigenvalue weighted by Crippen LogP contribution is -2.45. The van der Waals surface area contributed by atoms with Crippen LogP contribution in [0.4, 0.5) is 0 Å². The summed E-state index contributed by atoms with van der Waals surface area (Å²) >= 11 is 12.6. The summed E-state index contributed by atoms with van der Waals surface area (Å²) in [5.74, 6) is 0.134. The van der Waals surface area contributed by atoms with Crippen LogP contribution in [0, 0.1) is 0 Å². The maximum Gasteiger partial charge on any atom is 0.286 e. The molecule has 1 fully saturated rings. The van der Waals surface area contributed by atoms with Crippen molar-refractivity contribution in [2.24, 2.45) is 0 Å². The van der Waals surface area contributed by atoms with Crippen LogP contribution >= 0.6 is 23.2 Å². The van der Waals surface area contributed by atoms with E-state index in [0.29, 0.717) is 27.1 Å². The SMILES string of the molecule is CCc1ccc(-n2c(-c3ccc(Cl)cc3Cl)nc(C(=O)NN3CCCCC3)c2CO)cc1. The fourth-order valence-corrected chi connectivity index (χ4v) is 4.49. The van der Waals surface area contributed by atoms with Gasteiger partial charge >= 0.3 is 0 Å². The number of hydrogen-bond donors (Lipinski definition) is 2. The third-order valence-corrected chi connectivity index (χ3v) is 6.28. The van der Waals surface area contributed by atoms with Crippen LogP contribution in [-0.4, -0.2) is 38.7 Å². The zero-order valence-electron chi connectivity index (χ0n) is 17.9. The lowest BCUT2D eigenvalue weighted by atomic mass is 10.1. The maximum atomic E-state index is 13.2. The Labute approximate surface area is 197 Å². The number of carbonyl (C=O) groups excluding carboxylic acids is 1. The molecule has 1 aliphatic rings. The number of hydrogen-bond acceptors (Lipinski definition) is 4. The second-order valence-corrected chi connectivity index (χ2v) is 8.70. The molecule has 168 valence electrons. The van der Waals surface area contributed by atoms with Gasteiger partial charge in [-0.1, -0.05) is 48.7 Å². The summed E-state index contributed by atoms with van der Waals surface area (Å²) in [6.07, 6.45) is 4.15. The van der Waals surface area contributed by atoms with Gasteiger partial charge in [-0.05, 0) is 55.2 Å². The number of benzene rings is 2. The Morgan fingerprint density at radius 1 is 1.09 bits per heavy atom. The van der Waals surface area contributed by atoms with E-state index < -0.39 is 0 Å². The molecule has 0 atom stereocenters. The van der Waals surface area contributed by atoms with Gasteiger partial charge in [-0.2, -0.15) is 0 Å². The minimum absolute atomic E-state index is 0.179. The predicted molar refractivity (Wildman–Crippen MR) is 127 cm³/mol. The Bertz CT molecular complexity index is 1110. The Morgan fingerprint density at radius 2 is 1.81 bits per heavy atom. The van der Waals surface area contributed by atoms with Crippen molar-refractivity contribution in [3.63, 3.8) is 0 Å². The second kappa shape index (κ2) is 10.0. The zero-order valence-corrected chi connectivity index (χ0v) is 19.5. The first-order valence-electron chi connectivity index (χ1n) is 10.8. The van der Waals surface area contributed by atoms with Crippen LogP contribution < -0.4 is 5.43 Å². The summed E-state index contributed by atoms with van der Waals surface area (Å²) in [6, 6.07) is 13.1. The quantitative estimate of drug-likeness (QED) is 0.527. The summed E-state index contributed by atoms with van der Waals surface area (Å²) in [7, 11) is 0. The number of aryl methyl sites for hydroxylation is 1. The van der Waals surface area contributed by atoms with Gasteiger partial charge in [-0.25, -0.2) is 9.99 Å². The predicted octanol–water partition coefficient (Wildman–Crippen LogP) is 5.03. The number of halogens is 2. The minimum Gasteiger partial charge on any atom is -0.390 e. The van der Waals surface area contributed by atoms with E-state index in [1.165, 1.54) is 5.56 Å². The molecular formula is C24H26Cl2N4O2. The molecule has 0 bridgehead atoms. The highest BCUT2D eigenvalue weighted by molar-refractivity contribution is 6.36. The molecule has 3 aromatic rings. The van der Waals surface area contributed by atoms with Gasteiger partial charge in [-0.15, -0.1) is 0 Å². The molecule has 1 aliphatic heterocycles. The molecule has 1 saturated heterocycles. The van der Waals surface area contributed by atoms with Gasteiger partial charge in [0.2, 0.25) is 0 Å². The average Bonchev–Trinajstić information content (AvgIpc) is 3.19. The first-order valence-corrected chi connectivity index (χ1v) is 11.6. The van der Waals surface area contributed by atoms with Gasteiger partial charge in [0.25, 0.3) is 5.91 Å². The summed E-state index contributed by atoms with van der Waals surface area (Å²) in [5.41, 5.74) is 6.14. The number of aliphatic hydroxyl groups is 1. The van der Waals surface area contributed by atoms with Gasteiger partial charge in [0.05, 0.1) is 17.3 Å². The van der Waals surface area contributed by atoms with E-state index in [9.17, 15) is 9.90 Å². The Balaban J connectivity index is 1.83. The molecule has 4 rings (SSSR count). The van der Waals surface area contributed by atoms with E-state index in [-0.39, 0.29) is 18.2 Å². The smallest absolute Gasteiger partial charge is 0.286 e. The number of nitrogens with zero attached hydrogens (tertiary/aromatic N) is 3. The number of aromatic nitrogens is 2. The molecule has 0 radical (unpaired) electrons. The van der Waals surface area contributed by atoms with Crippen molar-refractivity contribution in [3.05, 3.63) is 69.5 Å². The van der Waals surface area contributed by atoms with Gasteiger partial charge in [0, 0.05) is 29.4 Å². The second-order valence-electron chi connectivity index (χ2n) is 7.86. The average molecular weight is 473 g/mol. The number of piperidine rings is 1. The molecule has 0 spiro atoms. The minimum atomic E-state index is -0.351. The van der Waals surface area contributed by atoms with E-state index >= 15 is 0 Å². The van der Waals surface area contributed by atoms with Gasteiger partial charge in [0.15, 0.2) is 5.69 Å². The van der Waals surface area contributed by atoms with Gasteiger partial charge in [0.1, 0.15) is 5.82 Å². The van der Waals surface area contributed by atoms with Crippen LogP contribution in [0.15, 0.2) is 42.5 Å². The van der Waals surface area contributed by atoms with Crippen molar-refractivity contribution < 1.29 is 9.90 Å². The van der Waals surface area contributed by atoms with Crippen molar-refractivity contribution in [1.82, 2.24) is 20.0 Å². The van der Waals surface area contributed by atoms with Crippen LogP contribution in [0.2, 0.25) is 10.0 Å². The lowest BCUT2D eigenvalue weighted by Gasteiger charge is -2.26. The van der Waals surface area contributed by atoms with Crippen molar-refractivity contribution in [2.75, 3.05) is 13.1 Å². The van der Waals surface area contributed by atoms with Crippen LogP contribution in [-0.2, 0) is 13.0 Å². The summed E-state index contributed by atoms with van der Waals surface area (Å²) < 4.78 is 1.79. The molecule has 6 nitrogen and oxygen atoms in total. The number of rotatable bonds is 6. The van der Waals surface area contributed by atoms with Gasteiger partial charge in [-0.3, -0.25) is 14.8 Å². The maximum absolute atomic E-state index is 13.2. The topological polar surface area (TPSA) is 70.4 Å². The van der Waals surface area contributed by atoms with Gasteiger partial charge < -0.3 is 5.11 Å². The molecule has 1 amide bonds. The third-order valence-electron chi connectivity index (χ3n) is 5.73. The molecule has 0 saturated carbocycles. The van der Waals surface area contributed by atoms with Crippen molar-refractivity contribution in [2.45, 2.75) is 39.2 Å². The van der Waals surface area contributed by atoms with E-state index in [1.807, 2.05) is 29.3 Å². The van der Waals surface area contributed by atoms with Crippen LogP contribution in [0.25, 0.3) is 17.1 Å². The normalized spacial score (nSPS) is 14.5. The number of carbonyl (C=O) groups is 1. The zero-order chi connectivity index (χ0) is 22.7. The third kappa shape index (κ3) is 4.69. The first kappa shape index (κ1) is 22.8. The van der Waals surface area contributed by atoms with E-state index in [4.69, 9.17) is 23.2 Å². The molecule has 2 heterocycles. The van der Waals surface area contributed by atoms with Crippen LogP contribution in [0.1, 0.15) is 47.9 Å². The molecule has 8 heteroatoms. The van der Waals surface area contributed by atoms with E-state index in [2.05, 4.69) is 17.3 Å². The standard InChI is InChI=1S/C24H26Cl2N4O2/c1-2-16-6-9-18(10-7-16)30-21(15-31)22(24(32)28-29-12-4-3-5-13-29)27-23(30)19-11-8-17(25)14-20(19)26/h6-11,14,31H,2-5,12-13,15H2,1H3,(H,28,32). The van der Waals surface area contributed by atoms with Crippen LogP contribution in [0.3, 0.4) is 0 Å². The fourth-order valence-electron chi connectivity index (χ4n) is 3.99. The molecule has 1 aromatic heterocycles. The molecule has 0 aliphatic carbocycles. The Hall–Kier alpha value is -2.38. The van der Waals surface area contributed by atoms with E-state index in [1.54, 1.807) is 22.8 Å². The molecule has 2 N–H and O–H groups in total. The number of hydrazine groups is 1. The molecular weight excluding hydrogens is 447 g/mol. The Morgan fingerprint density at radius 3 is 2.44 bits per heavy atom. The van der Waals surface area contributed by atoms with Crippen molar-refractivity contribution in [3.8, 4) is 17.1 Å². The van der Waals surface area contributed by atoms with Crippen molar-refractivity contribution in [1.29, 1.82) is 0 Å². The molecule has 32 heavy (non-hydrogen) atoms. The van der Waals surface area contributed by atoms with Crippen LogP contribution in [0.5, 0.6) is 0 Å². The fraction of sp³-hybridized carbons (Fsp3) is 0.333. The molecule has 2 aromatic carbocycles. The van der Waals surface area contributed by atoms with E-state index in [0.717, 1.165) is 44.5 Å². The Kier molecular flexibility index (Phi) is 7.16. The number of imidazole rings is 1. The highest BCUT2D eigenvalue weighted by atomic mass is 35.5. The largest absolute Gasteiger partial charge is 0.390 e. The summed E-state index contributed by atoms with van der Waals surface area (Å²) in [4.78, 5) is 17.8. The highest BCUT2D eigenvalue weighted by Crippen LogP contribution is 2.33. The lowest BCUT2D eigenvalue weighted by molar-refractivity contribution is 0.0742. The number of amides is 1. The summed E-state index contributed by atoms with van der Waals surface area (Å²) in [6.45, 7) is 3.34. The highest BCUT2D eigenvalue weighted by Gasteiger charge is 2.26. The van der Waals surface area contributed by atoms with Crippen molar-refractivity contribution >= 4 is 29.1 Å². The number of nitrogens with one attached hydrogen (secondary N) is 1. The summed E-state index contributed by atoms with van der Waals surface area (Å²) in [5, 5.41) is 13.1. The first-order chi connectivity index (χ1) is 15.5. The monoisotopic (exact) mass is 472 g/mol. The number of aliphatic hydroxyl groups excluding tert-OH is 1.